The van der Waals surface area contributed by atoms with Gasteiger partial charge in [0.25, 0.3) is 0 Å². The third kappa shape index (κ3) is 6.42. The summed E-state index contributed by atoms with van der Waals surface area (Å²) < 4.78 is 5.90. The minimum Gasteiger partial charge on any atom is -0.454 e. The first-order chi connectivity index (χ1) is 18.3. The van der Waals surface area contributed by atoms with E-state index in [4.69, 9.17) is 16.3 Å². The van der Waals surface area contributed by atoms with E-state index in [2.05, 4.69) is 10.6 Å². The summed E-state index contributed by atoms with van der Waals surface area (Å²) in [4.78, 5) is 27.2. The summed E-state index contributed by atoms with van der Waals surface area (Å²) in [5, 5.41) is 6.73. The molecule has 1 amide bonds. The van der Waals surface area contributed by atoms with Crippen molar-refractivity contribution < 1.29 is 14.3 Å². The molecule has 1 heterocycles. The van der Waals surface area contributed by atoms with E-state index in [1.807, 2.05) is 106 Å². The number of halogens is 1. The Morgan fingerprint density at radius 1 is 0.947 bits per heavy atom. The number of ether oxygens (including phenoxy) is 1. The summed E-state index contributed by atoms with van der Waals surface area (Å²) in [5.74, 6) is -1.41. The van der Waals surface area contributed by atoms with Crippen LogP contribution in [0.4, 0.5) is 0 Å². The summed E-state index contributed by atoms with van der Waals surface area (Å²) in [6.45, 7) is 5.83. The van der Waals surface area contributed by atoms with Gasteiger partial charge >= 0.3 is 5.97 Å². The van der Waals surface area contributed by atoms with Gasteiger partial charge in [0.1, 0.15) is 6.10 Å². The lowest BCUT2D eigenvalue weighted by molar-refractivity contribution is -0.144. The highest BCUT2D eigenvalue weighted by Gasteiger charge is 2.37. The van der Waals surface area contributed by atoms with E-state index in [9.17, 15) is 9.59 Å². The number of rotatable bonds is 8. The smallest absolute Gasteiger partial charge is 0.337 e. The molecule has 2 N–H and O–H groups in total. The average Bonchev–Trinajstić information content (AvgIpc) is 2.91. The van der Waals surface area contributed by atoms with Crippen molar-refractivity contribution >= 4 is 29.6 Å². The van der Waals surface area contributed by atoms with Gasteiger partial charge in [-0.3, -0.25) is 4.79 Å². The minimum absolute atomic E-state index is 0.272. The van der Waals surface area contributed by atoms with E-state index in [0.717, 1.165) is 16.7 Å². The van der Waals surface area contributed by atoms with Crippen molar-refractivity contribution in [3.8, 4) is 0 Å². The fourth-order valence-corrected chi connectivity index (χ4v) is 4.81. The maximum absolute atomic E-state index is 13.6. The summed E-state index contributed by atoms with van der Waals surface area (Å²) >= 11 is 6.34. The molecule has 0 radical (unpaired) electrons. The van der Waals surface area contributed by atoms with Gasteiger partial charge in [0.15, 0.2) is 0 Å². The number of amides is 1. The normalized spacial score (nSPS) is 16.3. The van der Waals surface area contributed by atoms with E-state index < -0.39 is 18.0 Å². The van der Waals surface area contributed by atoms with Crippen LogP contribution in [0.5, 0.6) is 0 Å². The number of nitrogens with one attached hydrogen (secondary N) is 2. The minimum atomic E-state index is -0.650. The highest BCUT2D eigenvalue weighted by molar-refractivity contribution is 6.30. The highest BCUT2D eigenvalue weighted by Crippen LogP contribution is 2.40. The van der Waals surface area contributed by atoms with Crippen LogP contribution in [0.1, 0.15) is 49.5 Å². The van der Waals surface area contributed by atoms with Gasteiger partial charge < -0.3 is 15.4 Å². The van der Waals surface area contributed by atoms with Gasteiger partial charge in [-0.05, 0) is 49.6 Å². The molecular formula is C32H31ClN2O3. The van der Waals surface area contributed by atoms with Gasteiger partial charge in [-0.1, -0.05) is 96.5 Å². The third-order valence-electron chi connectivity index (χ3n) is 6.45. The summed E-state index contributed by atoms with van der Waals surface area (Å²) in [5.41, 5.74) is 4.81. The Morgan fingerprint density at radius 2 is 1.61 bits per heavy atom. The number of hydrogen-bond acceptors (Lipinski definition) is 4. The van der Waals surface area contributed by atoms with Gasteiger partial charge in [0, 0.05) is 28.5 Å². The number of allylic oxidation sites excluding steroid dienone is 2. The van der Waals surface area contributed by atoms with Gasteiger partial charge in [-0.25, -0.2) is 4.79 Å². The van der Waals surface area contributed by atoms with Crippen molar-refractivity contribution in [2.45, 2.75) is 32.8 Å². The van der Waals surface area contributed by atoms with Crippen molar-refractivity contribution in [3.05, 3.63) is 135 Å². The number of dihydropyridines is 1. The van der Waals surface area contributed by atoms with Gasteiger partial charge in [-0.2, -0.15) is 0 Å². The topological polar surface area (TPSA) is 67.4 Å². The van der Waals surface area contributed by atoms with E-state index in [-0.39, 0.29) is 5.91 Å². The Bertz CT molecular complexity index is 1390. The molecule has 0 saturated heterocycles. The molecule has 1 aliphatic rings. The van der Waals surface area contributed by atoms with Crippen LogP contribution in [-0.4, -0.2) is 18.4 Å². The van der Waals surface area contributed by atoms with Crippen LogP contribution in [0, 0.1) is 0 Å². The monoisotopic (exact) mass is 526 g/mol. The molecule has 194 valence electrons. The number of carbonyl (C=O) groups is 2. The molecule has 6 heteroatoms. The molecule has 1 aliphatic heterocycles. The van der Waals surface area contributed by atoms with Gasteiger partial charge in [0.05, 0.1) is 11.5 Å². The molecule has 3 aromatic rings. The van der Waals surface area contributed by atoms with E-state index >= 15 is 0 Å². The Balaban J connectivity index is 1.62. The summed E-state index contributed by atoms with van der Waals surface area (Å²) in [7, 11) is 0. The summed E-state index contributed by atoms with van der Waals surface area (Å²) in [6.07, 6.45) is 3.38. The van der Waals surface area contributed by atoms with E-state index in [0.29, 0.717) is 34.1 Å². The lowest BCUT2D eigenvalue weighted by Gasteiger charge is -2.31. The molecule has 5 nitrogen and oxygen atoms in total. The molecule has 38 heavy (non-hydrogen) atoms. The van der Waals surface area contributed by atoms with Crippen molar-refractivity contribution in [3.63, 3.8) is 0 Å². The predicted molar refractivity (Wildman–Crippen MR) is 152 cm³/mol. The Hall–Kier alpha value is -4.09. The second kappa shape index (κ2) is 12.4. The molecule has 4 rings (SSSR count). The first-order valence-corrected chi connectivity index (χ1v) is 12.9. The standard InChI is InChI=1S/C32H31ClN2O3/c1-21-28(31(36)34-19-11-14-24-12-6-4-7-13-24)30(26-17-10-18-27(33)20-26)29(22(2)35-21)32(37)38-23(3)25-15-8-5-9-16-25/h4-18,20,23,30,35H,19H2,1-3H3,(H,34,36)/b14-11+/t23-,30?/m1/s1. The fourth-order valence-electron chi connectivity index (χ4n) is 4.61. The third-order valence-corrected chi connectivity index (χ3v) is 6.69. The van der Waals surface area contributed by atoms with Crippen LogP contribution in [0.15, 0.2) is 114 Å². The number of hydrogen-bond donors (Lipinski definition) is 2. The molecule has 0 fully saturated rings. The van der Waals surface area contributed by atoms with Crippen LogP contribution < -0.4 is 10.6 Å². The fraction of sp³-hybridized carbons (Fsp3) is 0.188. The molecule has 3 aromatic carbocycles. The molecule has 0 saturated carbocycles. The van der Waals surface area contributed by atoms with Crippen LogP contribution in [-0.2, 0) is 14.3 Å². The van der Waals surface area contributed by atoms with Crippen molar-refractivity contribution in [1.29, 1.82) is 0 Å². The average molecular weight is 527 g/mol. The molecule has 1 unspecified atom stereocenters. The van der Waals surface area contributed by atoms with Gasteiger partial charge in [0.2, 0.25) is 5.91 Å². The number of carbonyl (C=O) groups excluding carboxylic acids is 2. The summed E-state index contributed by atoms with van der Waals surface area (Å²) in [6, 6.07) is 26.7. The first-order valence-electron chi connectivity index (χ1n) is 12.5. The van der Waals surface area contributed by atoms with Crippen LogP contribution in [0.3, 0.4) is 0 Å². The Morgan fingerprint density at radius 3 is 2.29 bits per heavy atom. The first kappa shape index (κ1) is 27.0. The van der Waals surface area contributed by atoms with Crippen molar-refractivity contribution in [1.82, 2.24) is 10.6 Å². The van der Waals surface area contributed by atoms with Crippen molar-refractivity contribution in [2.75, 3.05) is 6.54 Å². The van der Waals surface area contributed by atoms with E-state index in [1.54, 1.807) is 12.1 Å². The molecule has 0 aliphatic carbocycles. The lowest BCUT2D eigenvalue weighted by atomic mass is 9.80. The second-order valence-electron chi connectivity index (χ2n) is 9.17. The zero-order valence-corrected chi connectivity index (χ0v) is 22.5. The molecule has 0 aromatic heterocycles. The molecular weight excluding hydrogens is 496 g/mol. The van der Waals surface area contributed by atoms with Gasteiger partial charge in [-0.15, -0.1) is 0 Å². The SMILES string of the molecule is CC1=C(C(=O)NC/C=C/c2ccccc2)C(c2cccc(Cl)c2)C(C(=O)O[C@H](C)c2ccccc2)=C(C)N1. The largest absolute Gasteiger partial charge is 0.454 e. The van der Waals surface area contributed by atoms with Crippen molar-refractivity contribution in [2.24, 2.45) is 0 Å². The Kier molecular flexibility index (Phi) is 8.82. The second-order valence-corrected chi connectivity index (χ2v) is 9.61. The quantitative estimate of drug-likeness (QED) is 0.320. The lowest BCUT2D eigenvalue weighted by Crippen LogP contribution is -2.36. The predicted octanol–water partition coefficient (Wildman–Crippen LogP) is 6.71. The molecule has 0 spiro atoms. The van der Waals surface area contributed by atoms with Crippen LogP contribution in [0.2, 0.25) is 5.02 Å². The van der Waals surface area contributed by atoms with Crippen LogP contribution in [0.25, 0.3) is 6.08 Å². The maximum atomic E-state index is 13.6. The van der Waals surface area contributed by atoms with Crippen LogP contribution >= 0.6 is 11.6 Å². The van der Waals surface area contributed by atoms with E-state index in [1.165, 1.54) is 0 Å². The molecule has 2 atom stereocenters. The zero-order valence-electron chi connectivity index (χ0n) is 21.7. The maximum Gasteiger partial charge on any atom is 0.337 e. The molecule has 0 bridgehead atoms. The number of benzene rings is 3. The highest BCUT2D eigenvalue weighted by atomic mass is 35.5. The zero-order chi connectivity index (χ0) is 27.1. The number of esters is 1. The Labute approximate surface area is 228 Å².